The van der Waals surface area contributed by atoms with Crippen molar-refractivity contribution in [1.29, 1.82) is 0 Å². The number of rotatable bonds is 5. The first-order valence-electron chi connectivity index (χ1n) is 7.69. The molecule has 8 nitrogen and oxygen atoms in total. The summed E-state index contributed by atoms with van der Waals surface area (Å²) in [6.07, 6.45) is 3.83. The second-order valence-electron chi connectivity index (χ2n) is 6.13. The van der Waals surface area contributed by atoms with Crippen LogP contribution in [0.1, 0.15) is 12.8 Å². The summed E-state index contributed by atoms with van der Waals surface area (Å²) in [4.78, 5) is 30.2. The highest BCUT2D eigenvalue weighted by atomic mass is 19.1. The lowest BCUT2D eigenvalue weighted by Crippen LogP contribution is -2.26. The van der Waals surface area contributed by atoms with Crippen LogP contribution in [0.15, 0.2) is 35.4 Å². The summed E-state index contributed by atoms with van der Waals surface area (Å²) in [5.41, 5.74) is -0.340. The van der Waals surface area contributed by atoms with E-state index in [9.17, 15) is 19.1 Å². The average molecular weight is 343 g/mol. The number of halogens is 1. The van der Waals surface area contributed by atoms with Crippen molar-refractivity contribution in [3.05, 3.63) is 46.8 Å². The Kier molecular flexibility index (Phi) is 3.31. The minimum Gasteiger partial charge on any atom is -0.481 e. The number of aromatic nitrogens is 4. The molecule has 0 saturated heterocycles. The van der Waals surface area contributed by atoms with E-state index in [0.717, 1.165) is 10.9 Å². The predicted octanol–water partition coefficient (Wildman–Crippen LogP) is 1.52. The van der Waals surface area contributed by atoms with Crippen LogP contribution in [0.5, 0.6) is 0 Å². The van der Waals surface area contributed by atoms with Crippen LogP contribution in [0.3, 0.4) is 0 Å². The van der Waals surface area contributed by atoms with Crippen molar-refractivity contribution in [2.45, 2.75) is 12.8 Å². The van der Waals surface area contributed by atoms with Gasteiger partial charge in [0, 0.05) is 24.2 Å². The maximum atomic E-state index is 13.5. The third kappa shape index (κ3) is 2.63. The van der Waals surface area contributed by atoms with Crippen molar-refractivity contribution in [3.63, 3.8) is 0 Å². The van der Waals surface area contributed by atoms with Crippen LogP contribution >= 0.6 is 0 Å². The predicted molar refractivity (Wildman–Crippen MR) is 87.2 cm³/mol. The molecule has 0 atom stereocenters. The van der Waals surface area contributed by atoms with Crippen molar-refractivity contribution in [2.24, 2.45) is 5.41 Å². The van der Waals surface area contributed by atoms with Crippen molar-refractivity contribution in [1.82, 2.24) is 19.7 Å². The lowest BCUT2D eigenvalue weighted by Gasteiger charge is -2.12. The minimum atomic E-state index is -0.841. The highest BCUT2D eigenvalue weighted by molar-refractivity contribution is 5.85. The van der Waals surface area contributed by atoms with Gasteiger partial charge >= 0.3 is 5.97 Å². The van der Waals surface area contributed by atoms with E-state index in [0.29, 0.717) is 35.4 Å². The number of nitrogens with zero attached hydrogens (tertiary/aromatic N) is 3. The molecule has 0 amide bonds. The molecule has 4 rings (SSSR count). The van der Waals surface area contributed by atoms with E-state index >= 15 is 0 Å². The molecule has 3 heterocycles. The molecule has 0 radical (unpaired) electrons. The first-order chi connectivity index (χ1) is 12.0. The molecule has 3 aromatic rings. The zero-order chi connectivity index (χ0) is 17.6. The van der Waals surface area contributed by atoms with Gasteiger partial charge in [-0.3, -0.25) is 9.59 Å². The van der Waals surface area contributed by atoms with E-state index in [2.05, 4.69) is 20.4 Å². The fourth-order valence-corrected chi connectivity index (χ4v) is 2.69. The van der Waals surface area contributed by atoms with Gasteiger partial charge in [-0.2, -0.15) is 4.68 Å². The molecule has 0 spiro atoms. The minimum absolute atomic E-state index is 0.234. The third-order valence-corrected chi connectivity index (χ3v) is 4.42. The Balaban J connectivity index is 1.69. The van der Waals surface area contributed by atoms with Gasteiger partial charge in [0.05, 0.1) is 17.3 Å². The fourth-order valence-electron chi connectivity index (χ4n) is 2.69. The molecule has 0 aromatic carbocycles. The number of fused-ring (bicyclic) bond motifs is 1. The monoisotopic (exact) mass is 343 g/mol. The van der Waals surface area contributed by atoms with E-state index in [1.165, 1.54) is 24.4 Å². The number of carboxylic acids is 1. The van der Waals surface area contributed by atoms with Gasteiger partial charge in [-0.05, 0) is 25.0 Å². The van der Waals surface area contributed by atoms with Gasteiger partial charge in [-0.1, -0.05) is 0 Å². The zero-order valence-electron chi connectivity index (χ0n) is 13.0. The zero-order valence-corrected chi connectivity index (χ0v) is 13.0. The molecule has 1 saturated carbocycles. The number of aromatic amines is 1. The number of hydrogen-bond donors (Lipinski definition) is 3. The van der Waals surface area contributed by atoms with Gasteiger partial charge in [0.25, 0.3) is 5.56 Å². The molecule has 0 bridgehead atoms. The van der Waals surface area contributed by atoms with E-state index in [1.54, 1.807) is 0 Å². The molecule has 3 N–H and O–H groups in total. The Labute approximate surface area is 140 Å². The second-order valence-corrected chi connectivity index (χ2v) is 6.13. The highest BCUT2D eigenvalue weighted by Gasteiger charge is 2.50. The number of aliphatic carboxylic acids is 1. The van der Waals surface area contributed by atoms with E-state index in [-0.39, 0.29) is 6.54 Å². The van der Waals surface area contributed by atoms with Crippen molar-refractivity contribution in [2.75, 3.05) is 11.9 Å². The SMILES string of the molecule is O=C(O)C1(CNc2ccc(=O)n(-c3c[nH]c4ncc(F)cc34)n2)CC1. The number of pyridine rings is 1. The van der Waals surface area contributed by atoms with E-state index < -0.39 is 22.8 Å². The molecule has 3 aromatic heterocycles. The van der Waals surface area contributed by atoms with Gasteiger partial charge in [0.1, 0.15) is 17.3 Å². The Morgan fingerprint density at radius 3 is 2.96 bits per heavy atom. The first kappa shape index (κ1) is 15.3. The second kappa shape index (κ2) is 5.40. The molecular weight excluding hydrogens is 329 g/mol. The van der Waals surface area contributed by atoms with Crippen LogP contribution in [0.2, 0.25) is 0 Å². The van der Waals surface area contributed by atoms with Crippen LogP contribution in [-0.4, -0.2) is 37.4 Å². The number of anilines is 1. The molecule has 9 heteroatoms. The van der Waals surface area contributed by atoms with Crippen molar-refractivity contribution < 1.29 is 14.3 Å². The van der Waals surface area contributed by atoms with Crippen LogP contribution < -0.4 is 10.9 Å². The largest absolute Gasteiger partial charge is 0.481 e. The molecule has 0 aliphatic heterocycles. The maximum Gasteiger partial charge on any atom is 0.311 e. The molecule has 128 valence electrons. The van der Waals surface area contributed by atoms with E-state index in [4.69, 9.17) is 0 Å². The number of nitrogens with one attached hydrogen (secondary N) is 2. The number of H-pyrrole nitrogens is 1. The first-order valence-corrected chi connectivity index (χ1v) is 7.69. The van der Waals surface area contributed by atoms with Gasteiger partial charge in [-0.15, -0.1) is 5.10 Å². The van der Waals surface area contributed by atoms with E-state index in [1.807, 2.05) is 0 Å². The van der Waals surface area contributed by atoms with Crippen LogP contribution in [0.4, 0.5) is 10.2 Å². The van der Waals surface area contributed by atoms with Crippen LogP contribution in [-0.2, 0) is 4.79 Å². The summed E-state index contributed by atoms with van der Waals surface area (Å²) in [6.45, 7) is 0.234. The number of hydrogen-bond acceptors (Lipinski definition) is 5. The molecule has 25 heavy (non-hydrogen) atoms. The normalized spacial score (nSPS) is 15.2. The van der Waals surface area contributed by atoms with Crippen LogP contribution in [0, 0.1) is 11.2 Å². The van der Waals surface area contributed by atoms with Crippen LogP contribution in [0.25, 0.3) is 16.7 Å². The summed E-state index contributed by atoms with van der Waals surface area (Å²) in [6, 6.07) is 4.08. The Morgan fingerprint density at radius 2 is 2.24 bits per heavy atom. The van der Waals surface area contributed by atoms with Gasteiger partial charge < -0.3 is 15.4 Å². The summed E-state index contributed by atoms with van der Waals surface area (Å²) in [7, 11) is 0. The molecule has 0 unspecified atom stereocenters. The number of carbonyl (C=O) groups is 1. The Hall–Kier alpha value is -3.23. The average Bonchev–Trinajstić information content (AvgIpc) is 3.28. The number of carboxylic acid groups (broad SMARTS) is 1. The standard InChI is InChI=1S/C16H14FN5O3/c17-9-5-10-11(7-19-14(10)18-6-9)22-13(23)2-1-12(21-22)20-8-16(3-4-16)15(24)25/h1-2,5-7H,3-4,8H2,(H,18,19)(H,20,21)(H,24,25). The Morgan fingerprint density at radius 1 is 1.44 bits per heavy atom. The lowest BCUT2D eigenvalue weighted by molar-refractivity contribution is -0.142. The topological polar surface area (TPSA) is 113 Å². The highest BCUT2D eigenvalue weighted by Crippen LogP contribution is 2.45. The third-order valence-electron chi connectivity index (χ3n) is 4.42. The van der Waals surface area contributed by atoms with Crippen molar-refractivity contribution >= 4 is 22.8 Å². The summed E-state index contributed by atoms with van der Waals surface area (Å²) >= 11 is 0. The van der Waals surface area contributed by atoms with Crippen molar-refractivity contribution in [3.8, 4) is 5.69 Å². The molecular formula is C16H14FN5O3. The smallest absolute Gasteiger partial charge is 0.311 e. The van der Waals surface area contributed by atoms with Gasteiger partial charge in [0.2, 0.25) is 0 Å². The molecule has 1 aliphatic carbocycles. The quantitative estimate of drug-likeness (QED) is 0.647. The van der Waals surface area contributed by atoms with Gasteiger partial charge in [0.15, 0.2) is 0 Å². The summed E-state index contributed by atoms with van der Waals surface area (Å²) in [5, 5.41) is 16.8. The summed E-state index contributed by atoms with van der Waals surface area (Å²) < 4.78 is 14.6. The molecule has 1 fully saturated rings. The lowest BCUT2D eigenvalue weighted by atomic mass is 10.1. The Bertz CT molecular complexity index is 1040. The maximum absolute atomic E-state index is 13.5. The molecule has 1 aliphatic rings. The fraction of sp³-hybridized carbons (Fsp3) is 0.250. The van der Waals surface area contributed by atoms with Gasteiger partial charge in [-0.25, -0.2) is 9.37 Å². The summed E-state index contributed by atoms with van der Waals surface area (Å²) in [5.74, 6) is -0.995.